The maximum atomic E-state index is 3.73. The first-order chi connectivity index (χ1) is 17.0. The minimum Gasteiger partial charge on any atom is -0.355 e. The van der Waals surface area contributed by atoms with Crippen molar-refractivity contribution in [2.45, 2.75) is 34.1 Å². The van der Waals surface area contributed by atoms with E-state index in [9.17, 15) is 0 Å². The van der Waals surface area contributed by atoms with Crippen molar-refractivity contribution in [2.75, 3.05) is 5.32 Å². The number of benzene rings is 4. The van der Waals surface area contributed by atoms with Crippen molar-refractivity contribution < 1.29 is 0 Å². The van der Waals surface area contributed by atoms with Gasteiger partial charge < -0.3 is 5.32 Å². The van der Waals surface area contributed by atoms with Crippen molar-refractivity contribution in [3.63, 3.8) is 0 Å². The monoisotopic (exact) mass is 455 g/mol. The molecule has 1 aliphatic carbocycles. The van der Waals surface area contributed by atoms with Gasteiger partial charge in [0.2, 0.25) is 0 Å². The zero-order valence-corrected chi connectivity index (χ0v) is 21.1. The lowest BCUT2D eigenvalue weighted by molar-refractivity contribution is 0.739. The normalized spacial score (nSPS) is 15.1. The van der Waals surface area contributed by atoms with Crippen LogP contribution in [0, 0.1) is 26.7 Å². The Morgan fingerprint density at radius 2 is 1.40 bits per heavy atom. The first kappa shape index (κ1) is 22.9. The van der Waals surface area contributed by atoms with Crippen molar-refractivity contribution in [3.05, 3.63) is 125 Å². The molecule has 0 aliphatic heterocycles. The van der Waals surface area contributed by atoms with E-state index >= 15 is 0 Å². The lowest BCUT2D eigenvalue weighted by atomic mass is 9.89. The lowest BCUT2D eigenvalue weighted by Gasteiger charge is -2.20. The van der Waals surface area contributed by atoms with Crippen LogP contribution in [0.4, 0.5) is 11.4 Å². The van der Waals surface area contributed by atoms with Gasteiger partial charge >= 0.3 is 0 Å². The number of aryl methyl sites for hydroxylation is 3. The van der Waals surface area contributed by atoms with Gasteiger partial charge in [-0.15, -0.1) is 0 Å². The van der Waals surface area contributed by atoms with Crippen LogP contribution < -0.4 is 5.32 Å². The van der Waals surface area contributed by atoms with Crippen LogP contribution in [-0.4, -0.2) is 0 Å². The number of rotatable bonds is 5. The summed E-state index contributed by atoms with van der Waals surface area (Å²) in [6.07, 6.45) is 8.05. The van der Waals surface area contributed by atoms with E-state index in [0.717, 1.165) is 17.8 Å². The van der Waals surface area contributed by atoms with Crippen LogP contribution in [0.5, 0.6) is 0 Å². The van der Waals surface area contributed by atoms with Crippen LogP contribution in [-0.2, 0) is 0 Å². The van der Waals surface area contributed by atoms with E-state index in [2.05, 4.69) is 136 Å². The van der Waals surface area contributed by atoms with Gasteiger partial charge in [0.05, 0.1) is 0 Å². The summed E-state index contributed by atoms with van der Waals surface area (Å²) in [5.74, 6) is 0.589. The minimum atomic E-state index is 0.589. The quantitative estimate of drug-likeness (QED) is 0.316. The highest BCUT2D eigenvalue weighted by Crippen LogP contribution is 2.37. The summed E-state index contributed by atoms with van der Waals surface area (Å²) in [5.41, 5.74) is 13.8. The fourth-order valence-corrected chi connectivity index (χ4v) is 5.05. The van der Waals surface area contributed by atoms with Crippen molar-refractivity contribution in [3.8, 4) is 22.3 Å². The Balaban J connectivity index is 1.53. The second-order valence-corrected chi connectivity index (χ2v) is 9.78. The molecule has 5 rings (SSSR count). The second-order valence-electron chi connectivity index (χ2n) is 9.78. The zero-order valence-electron chi connectivity index (χ0n) is 21.1. The van der Waals surface area contributed by atoms with Crippen LogP contribution in [0.1, 0.15) is 35.6 Å². The van der Waals surface area contributed by atoms with Crippen LogP contribution >= 0.6 is 0 Å². The molecule has 0 saturated carbocycles. The summed E-state index contributed by atoms with van der Waals surface area (Å²) in [6.45, 7) is 8.84. The molecule has 4 aromatic carbocycles. The summed E-state index contributed by atoms with van der Waals surface area (Å²) in [4.78, 5) is 0. The second kappa shape index (κ2) is 9.80. The van der Waals surface area contributed by atoms with Gasteiger partial charge in [-0.25, -0.2) is 0 Å². The lowest BCUT2D eigenvalue weighted by Crippen LogP contribution is -2.01. The van der Waals surface area contributed by atoms with Crippen molar-refractivity contribution in [2.24, 2.45) is 5.92 Å². The molecular weight excluding hydrogens is 422 g/mol. The highest BCUT2D eigenvalue weighted by atomic mass is 14.9. The molecule has 0 aromatic heterocycles. The van der Waals surface area contributed by atoms with Gasteiger partial charge in [-0.3, -0.25) is 0 Å². The van der Waals surface area contributed by atoms with E-state index < -0.39 is 0 Å². The highest BCUT2D eigenvalue weighted by molar-refractivity contribution is 5.88. The first-order valence-electron chi connectivity index (χ1n) is 12.5. The predicted molar refractivity (Wildman–Crippen MR) is 152 cm³/mol. The van der Waals surface area contributed by atoms with Crippen LogP contribution in [0.3, 0.4) is 0 Å². The number of anilines is 2. The van der Waals surface area contributed by atoms with E-state index in [1.54, 1.807) is 0 Å². The third-order valence-electron chi connectivity index (χ3n) is 7.01. The van der Waals surface area contributed by atoms with Crippen molar-refractivity contribution in [1.82, 2.24) is 0 Å². The molecule has 35 heavy (non-hydrogen) atoms. The Morgan fingerprint density at radius 1 is 0.686 bits per heavy atom. The molecule has 1 atom stereocenters. The summed E-state index contributed by atoms with van der Waals surface area (Å²) in [5, 5.41) is 3.73. The van der Waals surface area contributed by atoms with Gasteiger partial charge in [0.1, 0.15) is 0 Å². The van der Waals surface area contributed by atoms with E-state index in [4.69, 9.17) is 0 Å². The van der Waals surface area contributed by atoms with Crippen LogP contribution in [0.2, 0.25) is 0 Å². The molecule has 0 spiro atoms. The SMILES string of the molecule is Cc1cc(Nc2ccc(-c3c(C)cccc3C)cc2)c(C2=CCC(C)C=C2)cc1-c1ccccc1. The third-order valence-corrected chi connectivity index (χ3v) is 7.01. The van der Waals surface area contributed by atoms with Crippen molar-refractivity contribution in [1.29, 1.82) is 0 Å². The smallest absolute Gasteiger partial charge is 0.0466 e. The largest absolute Gasteiger partial charge is 0.355 e. The molecular formula is C34H33N. The van der Waals surface area contributed by atoms with E-state index in [1.165, 1.54) is 50.1 Å². The predicted octanol–water partition coefficient (Wildman–Crippen LogP) is 9.67. The molecule has 1 heteroatoms. The van der Waals surface area contributed by atoms with Gasteiger partial charge in [0.15, 0.2) is 0 Å². The third kappa shape index (κ3) is 4.86. The van der Waals surface area contributed by atoms with Gasteiger partial charge in [0, 0.05) is 16.9 Å². The fraction of sp³-hybridized carbons (Fsp3) is 0.176. The van der Waals surface area contributed by atoms with E-state index in [0.29, 0.717) is 5.92 Å². The number of hydrogen-bond donors (Lipinski definition) is 1. The molecule has 4 aromatic rings. The Bertz CT molecular complexity index is 1390. The molecule has 0 saturated heterocycles. The molecule has 1 nitrogen and oxygen atoms in total. The zero-order chi connectivity index (χ0) is 24.4. The Hall–Kier alpha value is -3.84. The molecule has 0 amide bonds. The van der Waals surface area contributed by atoms with Gasteiger partial charge in [-0.2, -0.15) is 0 Å². The first-order valence-corrected chi connectivity index (χ1v) is 12.5. The number of hydrogen-bond acceptors (Lipinski definition) is 1. The molecule has 1 aliphatic rings. The van der Waals surface area contributed by atoms with Crippen LogP contribution in [0.25, 0.3) is 27.8 Å². The molecule has 1 N–H and O–H groups in total. The number of allylic oxidation sites excluding steroid dienone is 4. The van der Waals surface area contributed by atoms with E-state index in [1.807, 2.05) is 0 Å². The van der Waals surface area contributed by atoms with Gasteiger partial charge in [0.25, 0.3) is 0 Å². The van der Waals surface area contributed by atoms with Gasteiger partial charge in [-0.1, -0.05) is 85.8 Å². The summed E-state index contributed by atoms with van der Waals surface area (Å²) >= 11 is 0. The summed E-state index contributed by atoms with van der Waals surface area (Å²) in [6, 6.07) is 30.7. The maximum absolute atomic E-state index is 3.73. The maximum Gasteiger partial charge on any atom is 0.0466 e. The summed E-state index contributed by atoms with van der Waals surface area (Å²) < 4.78 is 0. The average molecular weight is 456 g/mol. The van der Waals surface area contributed by atoms with E-state index in [-0.39, 0.29) is 0 Å². The topological polar surface area (TPSA) is 12.0 Å². The Kier molecular flexibility index (Phi) is 6.42. The van der Waals surface area contributed by atoms with Gasteiger partial charge in [-0.05, 0) is 102 Å². The molecule has 0 radical (unpaired) electrons. The van der Waals surface area contributed by atoms with Crippen molar-refractivity contribution >= 4 is 16.9 Å². The number of nitrogens with one attached hydrogen (secondary N) is 1. The molecule has 1 unspecified atom stereocenters. The standard InChI is InChI=1S/C34H33N/c1-23-13-15-28(16-14-23)32-22-31(27-11-6-5-7-12-27)26(4)21-33(32)35-30-19-17-29(18-20-30)34-24(2)9-8-10-25(34)3/h5-13,15-23,35H,14H2,1-4H3. The minimum absolute atomic E-state index is 0.589. The Labute approximate surface area is 209 Å². The molecule has 0 bridgehead atoms. The molecule has 174 valence electrons. The molecule has 0 heterocycles. The summed E-state index contributed by atoms with van der Waals surface area (Å²) in [7, 11) is 0. The van der Waals surface area contributed by atoms with Crippen LogP contribution in [0.15, 0.2) is 103 Å². The average Bonchev–Trinajstić information content (AvgIpc) is 2.86. The molecule has 0 fully saturated rings. The fourth-order valence-electron chi connectivity index (χ4n) is 5.05. The Morgan fingerprint density at radius 3 is 2.06 bits per heavy atom. The highest BCUT2D eigenvalue weighted by Gasteiger charge is 2.15.